The lowest BCUT2D eigenvalue weighted by Crippen LogP contribution is -2.47. The van der Waals surface area contributed by atoms with Crippen molar-refractivity contribution >= 4 is 17.6 Å². The van der Waals surface area contributed by atoms with Gasteiger partial charge in [-0.1, -0.05) is 23.7 Å². The molecule has 21 heavy (non-hydrogen) atoms. The van der Waals surface area contributed by atoms with Crippen LogP contribution in [0.3, 0.4) is 0 Å². The third-order valence-electron chi connectivity index (χ3n) is 4.18. The van der Waals surface area contributed by atoms with Gasteiger partial charge in [0.1, 0.15) is 0 Å². The number of carbonyl (C=O) groups excluding carboxylic acids is 1. The van der Waals surface area contributed by atoms with Crippen molar-refractivity contribution in [2.75, 3.05) is 6.61 Å². The van der Waals surface area contributed by atoms with Gasteiger partial charge in [0.2, 0.25) is 0 Å². The fourth-order valence-electron chi connectivity index (χ4n) is 3.09. The van der Waals surface area contributed by atoms with E-state index in [-0.39, 0.29) is 24.8 Å². The number of aliphatic hydroxyl groups excluding tert-OH is 1. The zero-order chi connectivity index (χ0) is 14.8. The Bertz CT molecular complexity index is 508. The average Bonchev–Trinajstić information content (AvgIpc) is 3.08. The maximum Gasteiger partial charge on any atom is 0.315 e. The molecule has 5 nitrogen and oxygen atoms in total. The Morgan fingerprint density at radius 2 is 2.14 bits per heavy atom. The zero-order valence-electron chi connectivity index (χ0n) is 11.6. The second-order valence-electron chi connectivity index (χ2n) is 5.62. The number of carbonyl (C=O) groups is 1. The summed E-state index contributed by atoms with van der Waals surface area (Å²) < 4.78 is 5.71. The van der Waals surface area contributed by atoms with Crippen LogP contribution in [0.15, 0.2) is 24.3 Å². The molecular weight excluding hydrogens is 292 g/mol. The van der Waals surface area contributed by atoms with Crippen molar-refractivity contribution in [1.29, 1.82) is 0 Å². The van der Waals surface area contributed by atoms with Gasteiger partial charge in [0.25, 0.3) is 0 Å². The SMILES string of the molecule is O=C(NC(CO)c1ccc(Cl)cc1)NC1CC2CCC1O2. The zero-order valence-corrected chi connectivity index (χ0v) is 12.3. The number of nitrogens with one attached hydrogen (secondary N) is 2. The first kappa shape index (κ1) is 14.6. The van der Waals surface area contributed by atoms with Gasteiger partial charge in [-0.25, -0.2) is 4.79 Å². The third-order valence-corrected chi connectivity index (χ3v) is 4.43. The molecule has 2 saturated heterocycles. The van der Waals surface area contributed by atoms with E-state index in [0.29, 0.717) is 11.1 Å². The highest BCUT2D eigenvalue weighted by molar-refractivity contribution is 6.30. The number of halogens is 1. The summed E-state index contributed by atoms with van der Waals surface area (Å²) in [7, 11) is 0. The van der Waals surface area contributed by atoms with Crippen molar-refractivity contribution in [2.45, 2.75) is 43.6 Å². The number of ether oxygens (including phenoxy) is 1. The van der Waals surface area contributed by atoms with Gasteiger partial charge in [-0.3, -0.25) is 0 Å². The van der Waals surface area contributed by atoms with E-state index in [9.17, 15) is 9.90 Å². The van der Waals surface area contributed by atoms with Crippen molar-refractivity contribution in [3.8, 4) is 0 Å². The molecule has 2 amide bonds. The van der Waals surface area contributed by atoms with Crippen LogP contribution in [0.2, 0.25) is 5.02 Å². The Labute approximate surface area is 128 Å². The summed E-state index contributed by atoms with van der Waals surface area (Å²) in [6, 6.07) is 6.43. The van der Waals surface area contributed by atoms with Crippen LogP contribution < -0.4 is 10.6 Å². The summed E-state index contributed by atoms with van der Waals surface area (Å²) in [5.74, 6) is 0. The highest BCUT2D eigenvalue weighted by atomic mass is 35.5. The van der Waals surface area contributed by atoms with Gasteiger partial charge >= 0.3 is 6.03 Å². The van der Waals surface area contributed by atoms with Crippen molar-refractivity contribution in [1.82, 2.24) is 10.6 Å². The minimum Gasteiger partial charge on any atom is -0.394 e. The van der Waals surface area contributed by atoms with Crippen molar-refractivity contribution in [2.24, 2.45) is 0 Å². The van der Waals surface area contributed by atoms with Gasteiger partial charge in [-0.15, -0.1) is 0 Å². The fraction of sp³-hybridized carbons (Fsp3) is 0.533. The molecule has 0 aliphatic carbocycles. The van der Waals surface area contributed by atoms with Gasteiger partial charge in [0, 0.05) is 5.02 Å². The van der Waals surface area contributed by atoms with Crippen LogP contribution in [0.5, 0.6) is 0 Å². The molecule has 3 rings (SSSR count). The van der Waals surface area contributed by atoms with Gasteiger partial charge in [0.15, 0.2) is 0 Å². The van der Waals surface area contributed by atoms with E-state index in [0.717, 1.165) is 24.8 Å². The molecule has 1 aromatic carbocycles. The summed E-state index contributed by atoms with van der Waals surface area (Å²) in [6.45, 7) is -0.164. The largest absolute Gasteiger partial charge is 0.394 e. The maximum absolute atomic E-state index is 12.1. The summed E-state index contributed by atoms with van der Waals surface area (Å²) >= 11 is 5.84. The Kier molecular flexibility index (Phi) is 4.33. The molecule has 2 fully saturated rings. The number of amides is 2. The summed E-state index contributed by atoms with van der Waals surface area (Å²) in [5.41, 5.74) is 0.821. The number of rotatable bonds is 4. The van der Waals surface area contributed by atoms with Gasteiger partial charge in [0.05, 0.1) is 30.9 Å². The second kappa shape index (κ2) is 6.22. The normalized spacial score (nSPS) is 28.4. The minimum absolute atomic E-state index is 0.0771. The predicted octanol–water partition coefficient (Wildman–Crippen LogP) is 1.99. The van der Waals surface area contributed by atoms with E-state index in [1.54, 1.807) is 24.3 Å². The lowest BCUT2D eigenvalue weighted by Gasteiger charge is -2.23. The Morgan fingerprint density at radius 1 is 1.38 bits per heavy atom. The Morgan fingerprint density at radius 3 is 2.71 bits per heavy atom. The van der Waals surface area contributed by atoms with Crippen molar-refractivity contribution in [3.05, 3.63) is 34.9 Å². The fourth-order valence-corrected chi connectivity index (χ4v) is 3.21. The Balaban J connectivity index is 1.56. The third kappa shape index (κ3) is 3.31. The smallest absolute Gasteiger partial charge is 0.315 e. The molecule has 3 N–H and O–H groups in total. The molecule has 4 atom stereocenters. The summed E-state index contributed by atoms with van der Waals surface area (Å²) in [4.78, 5) is 12.1. The molecule has 114 valence electrons. The van der Waals surface area contributed by atoms with Crippen LogP contribution in [0.1, 0.15) is 30.9 Å². The first-order valence-electron chi connectivity index (χ1n) is 7.24. The van der Waals surface area contributed by atoms with Gasteiger partial charge < -0.3 is 20.5 Å². The second-order valence-corrected chi connectivity index (χ2v) is 6.06. The summed E-state index contributed by atoms with van der Waals surface area (Å²) in [6.07, 6.45) is 3.42. The number of fused-ring (bicyclic) bond motifs is 2. The van der Waals surface area contributed by atoms with Crippen LogP contribution >= 0.6 is 11.6 Å². The number of aliphatic hydroxyl groups is 1. The first-order valence-corrected chi connectivity index (χ1v) is 7.62. The van der Waals surface area contributed by atoms with E-state index in [1.165, 1.54) is 0 Å². The number of urea groups is 1. The lowest BCUT2D eigenvalue weighted by atomic mass is 9.96. The average molecular weight is 311 g/mol. The number of benzene rings is 1. The van der Waals surface area contributed by atoms with Crippen LogP contribution in [0, 0.1) is 0 Å². The molecule has 1 aromatic rings. The van der Waals surface area contributed by atoms with E-state index in [4.69, 9.17) is 16.3 Å². The molecule has 0 aromatic heterocycles. The first-order chi connectivity index (χ1) is 10.2. The van der Waals surface area contributed by atoms with Crippen LogP contribution in [-0.2, 0) is 4.74 Å². The highest BCUT2D eigenvalue weighted by Crippen LogP contribution is 2.34. The van der Waals surface area contributed by atoms with E-state index >= 15 is 0 Å². The van der Waals surface area contributed by atoms with Crippen LogP contribution in [0.25, 0.3) is 0 Å². The molecule has 2 heterocycles. The highest BCUT2D eigenvalue weighted by Gasteiger charge is 2.41. The standard InChI is InChI=1S/C15H19ClN2O3/c16-10-3-1-9(2-4-10)13(8-19)18-15(20)17-12-7-11-5-6-14(12)21-11/h1-4,11-14,19H,5-8H2,(H2,17,18,20). The van der Waals surface area contributed by atoms with Gasteiger partial charge in [-0.2, -0.15) is 0 Å². The molecule has 6 heteroatoms. The van der Waals surface area contributed by atoms with Gasteiger partial charge in [-0.05, 0) is 37.0 Å². The van der Waals surface area contributed by atoms with E-state index in [1.807, 2.05) is 0 Å². The quantitative estimate of drug-likeness (QED) is 0.796. The molecular formula is C15H19ClN2O3. The van der Waals surface area contributed by atoms with Crippen LogP contribution in [-0.4, -0.2) is 36.0 Å². The number of hydrogen-bond donors (Lipinski definition) is 3. The minimum atomic E-state index is -0.443. The van der Waals surface area contributed by atoms with E-state index in [2.05, 4.69) is 10.6 Å². The monoisotopic (exact) mass is 310 g/mol. The summed E-state index contributed by atoms with van der Waals surface area (Å²) in [5, 5.41) is 15.8. The molecule has 0 saturated carbocycles. The van der Waals surface area contributed by atoms with Crippen molar-refractivity contribution < 1.29 is 14.6 Å². The topological polar surface area (TPSA) is 70.6 Å². The van der Waals surface area contributed by atoms with Crippen molar-refractivity contribution in [3.63, 3.8) is 0 Å². The molecule has 2 bridgehead atoms. The molecule has 0 radical (unpaired) electrons. The maximum atomic E-state index is 12.1. The Hall–Kier alpha value is -1.30. The number of hydrogen-bond acceptors (Lipinski definition) is 3. The predicted molar refractivity (Wildman–Crippen MR) is 79.2 cm³/mol. The molecule has 0 spiro atoms. The lowest BCUT2D eigenvalue weighted by molar-refractivity contribution is 0.0979. The molecule has 2 aliphatic heterocycles. The van der Waals surface area contributed by atoms with Crippen LogP contribution in [0.4, 0.5) is 4.79 Å². The molecule has 4 unspecified atom stereocenters. The van der Waals surface area contributed by atoms with E-state index < -0.39 is 6.04 Å². The molecule has 2 aliphatic rings.